The average Bonchev–Trinajstić information content (AvgIpc) is 2.39. The second-order valence-corrected chi connectivity index (χ2v) is 4.17. The second-order valence-electron chi connectivity index (χ2n) is 4.17. The number of amides is 1. The average molecular weight is 266 g/mol. The lowest BCUT2D eigenvalue weighted by atomic mass is 10.1. The molecule has 1 aromatic rings. The zero-order chi connectivity index (χ0) is 14.3. The summed E-state index contributed by atoms with van der Waals surface area (Å²) in [5.41, 5.74) is 11.9. The Labute approximate surface area is 111 Å². The molecule has 0 fully saturated rings. The fourth-order valence-electron chi connectivity index (χ4n) is 1.55. The SMILES string of the molecule is NCCCNC(=O)C(N)Cc1ccc([N+](=O)[O-])cc1. The molecule has 0 aliphatic carbocycles. The highest BCUT2D eigenvalue weighted by atomic mass is 16.6. The number of nitrogens with zero attached hydrogens (tertiary/aromatic N) is 1. The number of hydrogen-bond acceptors (Lipinski definition) is 5. The van der Waals surface area contributed by atoms with Crippen molar-refractivity contribution in [3.63, 3.8) is 0 Å². The third-order valence-electron chi connectivity index (χ3n) is 2.62. The van der Waals surface area contributed by atoms with Crippen molar-refractivity contribution >= 4 is 11.6 Å². The molecule has 1 amide bonds. The number of nitro groups is 1. The van der Waals surface area contributed by atoms with E-state index in [0.717, 1.165) is 5.56 Å². The van der Waals surface area contributed by atoms with E-state index in [1.165, 1.54) is 12.1 Å². The van der Waals surface area contributed by atoms with E-state index in [4.69, 9.17) is 11.5 Å². The van der Waals surface area contributed by atoms with Crippen LogP contribution in [-0.4, -0.2) is 30.0 Å². The number of non-ortho nitro benzene ring substituents is 1. The Morgan fingerprint density at radius 3 is 2.53 bits per heavy atom. The fraction of sp³-hybridized carbons (Fsp3) is 0.417. The first kappa shape index (κ1) is 15.1. The quantitative estimate of drug-likeness (QED) is 0.362. The number of rotatable bonds is 7. The number of carbonyl (C=O) groups excluding carboxylic acids is 1. The standard InChI is InChI=1S/C12H18N4O3/c13-6-1-7-15-12(17)11(14)8-9-2-4-10(5-3-9)16(18)19/h2-5,11H,1,6-8,13-14H2,(H,15,17). The summed E-state index contributed by atoms with van der Waals surface area (Å²) in [6.45, 7) is 1.02. The molecule has 0 heterocycles. The van der Waals surface area contributed by atoms with E-state index < -0.39 is 11.0 Å². The smallest absolute Gasteiger partial charge is 0.269 e. The van der Waals surface area contributed by atoms with E-state index in [2.05, 4.69) is 5.32 Å². The Morgan fingerprint density at radius 1 is 1.37 bits per heavy atom. The van der Waals surface area contributed by atoms with Crippen LogP contribution in [0.2, 0.25) is 0 Å². The number of benzene rings is 1. The molecular formula is C12H18N4O3. The molecule has 1 aromatic carbocycles. The predicted octanol–water partition coefficient (Wildman–Crippen LogP) is -0.0704. The molecule has 0 radical (unpaired) electrons. The highest BCUT2D eigenvalue weighted by Gasteiger charge is 2.14. The van der Waals surface area contributed by atoms with E-state index in [9.17, 15) is 14.9 Å². The van der Waals surface area contributed by atoms with Crippen molar-refractivity contribution in [2.75, 3.05) is 13.1 Å². The lowest BCUT2D eigenvalue weighted by Crippen LogP contribution is -2.42. The van der Waals surface area contributed by atoms with Crippen molar-refractivity contribution < 1.29 is 9.72 Å². The van der Waals surface area contributed by atoms with E-state index in [1.807, 2.05) is 0 Å². The summed E-state index contributed by atoms with van der Waals surface area (Å²) in [5.74, 6) is -0.244. The first-order valence-electron chi connectivity index (χ1n) is 6.01. The summed E-state index contributed by atoms with van der Waals surface area (Å²) in [5, 5.41) is 13.2. The van der Waals surface area contributed by atoms with Gasteiger partial charge in [0.25, 0.3) is 5.69 Å². The zero-order valence-electron chi connectivity index (χ0n) is 10.5. The van der Waals surface area contributed by atoms with Crippen molar-refractivity contribution in [3.8, 4) is 0 Å². The van der Waals surface area contributed by atoms with Crippen LogP contribution >= 0.6 is 0 Å². The van der Waals surface area contributed by atoms with Gasteiger partial charge in [0.2, 0.25) is 5.91 Å². The maximum atomic E-state index is 11.6. The van der Waals surface area contributed by atoms with Gasteiger partial charge in [-0.25, -0.2) is 0 Å². The van der Waals surface area contributed by atoms with Gasteiger partial charge in [-0.05, 0) is 24.9 Å². The highest BCUT2D eigenvalue weighted by Crippen LogP contribution is 2.12. The minimum atomic E-state index is -0.667. The molecule has 1 rings (SSSR count). The summed E-state index contributed by atoms with van der Waals surface area (Å²) >= 11 is 0. The monoisotopic (exact) mass is 266 g/mol. The molecule has 5 N–H and O–H groups in total. The van der Waals surface area contributed by atoms with Gasteiger partial charge in [-0.3, -0.25) is 14.9 Å². The number of carbonyl (C=O) groups is 1. The third kappa shape index (κ3) is 5.02. The molecule has 0 saturated carbocycles. The Balaban J connectivity index is 2.49. The van der Waals surface area contributed by atoms with E-state index >= 15 is 0 Å². The van der Waals surface area contributed by atoms with Crippen molar-refractivity contribution in [1.29, 1.82) is 0 Å². The molecule has 0 aromatic heterocycles. The van der Waals surface area contributed by atoms with Crippen LogP contribution in [0.1, 0.15) is 12.0 Å². The fourth-order valence-corrected chi connectivity index (χ4v) is 1.55. The van der Waals surface area contributed by atoms with Crippen LogP contribution in [0.15, 0.2) is 24.3 Å². The summed E-state index contributed by atoms with van der Waals surface area (Å²) in [4.78, 5) is 21.6. The first-order chi connectivity index (χ1) is 9.04. The molecule has 19 heavy (non-hydrogen) atoms. The predicted molar refractivity (Wildman–Crippen MR) is 71.5 cm³/mol. The van der Waals surface area contributed by atoms with Gasteiger partial charge in [0, 0.05) is 18.7 Å². The van der Waals surface area contributed by atoms with Gasteiger partial charge in [0.15, 0.2) is 0 Å². The van der Waals surface area contributed by atoms with Gasteiger partial charge in [-0.1, -0.05) is 12.1 Å². The third-order valence-corrected chi connectivity index (χ3v) is 2.62. The summed E-state index contributed by atoms with van der Waals surface area (Å²) < 4.78 is 0. The topological polar surface area (TPSA) is 124 Å². The van der Waals surface area contributed by atoms with E-state index in [1.54, 1.807) is 12.1 Å². The molecule has 0 bridgehead atoms. The minimum absolute atomic E-state index is 0.0183. The number of nitrogens with one attached hydrogen (secondary N) is 1. The van der Waals surface area contributed by atoms with E-state index in [0.29, 0.717) is 25.9 Å². The maximum Gasteiger partial charge on any atom is 0.269 e. The zero-order valence-corrected chi connectivity index (χ0v) is 10.5. The molecular weight excluding hydrogens is 248 g/mol. The van der Waals surface area contributed by atoms with Crippen LogP contribution in [0.5, 0.6) is 0 Å². The van der Waals surface area contributed by atoms with Gasteiger partial charge in [0.1, 0.15) is 0 Å². The van der Waals surface area contributed by atoms with Gasteiger partial charge in [-0.2, -0.15) is 0 Å². The van der Waals surface area contributed by atoms with Crippen LogP contribution in [0.25, 0.3) is 0 Å². The van der Waals surface area contributed by atoms with Crippen LogP contribution in [0, 0.1) is 10.1 Å². The van der Waals surface area contributed by atoms with Crippen molar-refractivity contribution in [1.82, 2.24) is 5.32 Å². The molecule has 0 saturated heterocycles. The summed E-state index contributed by atoms with van der Waals surface area (Å²) in [6, 6.07) is 5.33. The Morgan fingerprint density at radius 2 is 2.00 bits per heavy atom. The second kappa shape index (κ2) is 7.45. The summed E-state index contributed by atoms with van der Waals surface area (Å²) in [6.07, 6.45) is 1.04. The number of nitro benzene ring substituents is 1. The van der Waals surface area contributed by atoms with Crippen molar-refractivity contribution in [2.24, 2.45) is 11.5 Å². The Kier molecular flexibility index (Phi) is 5.91. The summed E-state index contributed by atoms with van der Waals surface area (Å²) in [7, 11) is 0. The van der Waals surface area contributed by atoms with Crippen LogP contribution in [0.4, 0.5) is 5.69 Å². The lowest BCUT2D eigenvalue weighted by molar-refractivity contribution is -0.384. The van der Waals surface area contributed by atoms with Crippen LogP contribution in [-0.2, 0) is 11.2 Å². The first-order valence-corrected chi connectivity index (χ1v) is 6.01. The van der Waals surface area contributed by atoms with Gasteiger partial charge < -0.3 is 16.8 Å². The van der Waals surface area contributed by atoms with Crippen molar-refractivity contribution in [3.05, 3.63) is 39.9 Å². The Bertz CT molecular complexity index is 433. The lowest BCUT2D eigenvalue weighted by Gasteiger charge is -2.11. The maximum absolute atomic E-state index is 11.6. The van der Waals surface area contributed by atoms with Crippen LogP contribution in [0.3, 0.4) is 0 Å². The molecule has 1 unspecified atom stereocenters. The Hall–Kier alpha value is -1.99. The van der Waals surface area contributed by atoms with Crippen LogP contribution < -0.4 is 16.8 Å². The largest absolute Gasteiger partial charge is 0.355 e. The molecule has 7 heteroatoms. The highest BCUT2D eigenvalue weighted by molar-refractivity contribution is 5.81. The van der Waals surface area contributed by atoms with Gasteiger partial charge in [-0.15, -0.1) is 0 Å². The molecule has 7 nitrogen and oxygen atoms in total. The van der Waals surface area contributed by atoms with Gasteiger partial charge >= 0.3 is 0 Å². The molecule has 104 valence electrons. The van der Waals surface area contributed by atoms with Crippen molar-refractivity contribution in [2.45, 2.75) is 18.9 Å². The number of nitrogens with two attached hydrogens (primary N) is 2. The molecule has 0 aliphatic heterocycles. The normalized spacial score (nSPS) is 11.9. The molecule has 1 atom stereocenters. The minimum Gasteiger partial charge on any atom is -0.355 e. The molecule has 0 aliphatic rings. The molecule has 0 spiro atoms. The number of hydrogen-bond donors (Lipinski definition) is 3. The van der Waals surface area contributed by atoms with Gasteiger partial charge in [0.05, 0.1) is 11.0 Å². The van der Waals surface area contributed by atoms with E-state index in [-0.39, 0.29) is 11.6 Å².